The molecule has 0 saturated heterocycles. The molecule has 1 saturated carbocycles. The summed E-state index contributed by atoms with van der Waals surface area (Å²) in [4.78, 5) is 24.9. The normalized spacial score (nSPS) is 14.7. The largest absolute Gasteiger partial charge is 0.495 e. The van der Waals surface area contributed by atoms with Crippen LogP contribution in [0.4, 0.5) is 5.69 Å². The Hall–Kier alpha value is -1.99. The summed E-state index contributed by atoms with van der Waals surface area (Å²) >= 11 is 6.05. The van der Waals surface area contributed by atoms with E-state index < -0.39 is 5.41 Å². The predicted molar refractivity (Wildman–Crippen MR) is 89.7 cm³/mol. The molecular formula is C16H21ClN2O5. The van der Waals surface area contributed by atoms with Gasteiger partial charge in [0.2, 0.25) is 11.8 Å². The molecule has 0 bridgehead atoms. The molecular weight excluding hydrogens is 336 g/mol. The minimum Gasteiger partial charge on any atom is -0.495 e. The van der Waals surface area contributed by atoms with E-state index in [2.05, 4.69) is 10.6 Å². The van der Waals surface area contributed by atoms with Crippen LogP contribution in [0.3, 0.4) is 0 Å². The summed E-state index contributed by atoms with van der Waals surface area (Å²) in [6.45, 7) is 0.758. The monoisotopic (exact) mass is 356 g/mol. The Kier molecular flexibility index (Phi) is 5.90. The molecule has 0 heterocycles. The fraction of sp³-hybridized carbons (Fsp3) is 0.500. The van der Waals surface area contributed by atoms with Gasteiger partial charge in [-0.1, -0.05) is 11.6 Å². The number of hydrogen-bond donors (Lipinski definition) is 2. The summed E-state index contributed by atoms with van der Waals surface area (Å²) < 4.78 is 15.3. The minimum absolute atomic E-state index is 0.294. The van der Waals surface area contributed by atoms with E-state index in [9.17, 15) is 9.59 Å². The third-order valence-electron chi connectivity index (χ3n) is 3.93. The van der Waals surface area contributed by atoms with Gasteiger partial charge in [0.15, 0.2) is 0 Å². The number of carbonyl (C=O) groups excluding carboxylic acids is 2. The van der Waals surface area contributed by atoms with Crippen molar-refractivity contribution in [3.05, 3.63) is 17.2 Å². The third kappa shape index (κ3) is 3.73. The zero-order valence-electron chi connectivity index (χ0n) is 13.9. The van der Waals surface area contributed by atoms with Crippen molar-refractivity contribution >= 4 is 29.1 Å². The predicted octanol–water partition coefficient (Wildman–Crippen LogP) is 1.84. The molecule has 0 atom stereocenters. The first-order chi connectivity index (χ1) is 11.5. The number of carbonyl (C=O) groups is 2. The second-order valence-electron chi connectivity index (χ2n) is 5.47. The van der Waals surface area contributed by atoms with Crippen molar-refractivity contribution in [3.63, 3.8) is 0 Å². The second kappa shape index (κ2) is 7.72. The SMILES string of the molecule is COCCNC(=O)C1(C(=O)Nc2cc(OC)c(Cl)cc2OC)CC1. The van der Waals surface area contributed by atoms with Gasteiger partial charge in [0.25, 0.3) is 0 Å². The first kappa shape index (κ1) is 18.4. The summed E-state index contributed by atoms with van der Waals surface area (Å²) in [5.74, 6) is 0.129. The van der Waals surface area contributed by atoms with Crippen LogP contribution < -0.4 is 20.1 Å². The van der Waals surface area contributed by atoms with Gasteiger partial charge in [0.1, 0.15) is 16.9 Å². The maximum atomic E-state index is 12.6. The second-order valence-corrected chi connectivity index (χ2v) is 5.88. The van der Waals surface area contributed by atoms with Crippen molar-refractivity contribution in [1.29, 1.82) is 0 Å². The van der Waals surface area contributed by atoms with Gasteiger partial charge in [-0.05, 0) is 12.8 Å². The highest BCUT2D eigenvalue weighted by atomic mass is 35.5. The van der Waals surface area contributed by atoms with Crippen LogP contribution in [0.15, 0.2) is 12.1 Å². The first-order valence-corrected chi connectivity index (χ1v) is 7.86. The lowest BCUT2D eigenvalue weighted by Gasteiger charge is -2.17. The molecule has 1 aromatic rings. The average Bonchev–Trinajstić information content (AvgIpc) is 3.38. The van der Waals surface area contributed by atoms with E-state index in [0.717, 1.165) is 0 Å². The molecule has 24 heavy (non-hydrogen) atoms. The van der Waals surface area contributed by atoms with Gasteiger partial charge < -0.3 is 24.8 Å². The highest BCUT2D eigenvalue weighted by Crippen LogP contribution is 2.47. The molecule has 132 valence electrons. The maximum Gasteiger partial charge on any atom is 0.240 e. The van der Waals surface area contributed by atoms with E-state index in [1.807, 2.05) is 0 Å². The number of amides is 2. The Bertz CT molecular complexity index is 631. The standard InChI is InChI=1S/C16H21ClN2O5/c1-22-7-6-18-14(20)16(4-5-16)15(21)19-11-9-12(23-2)10(17)8-13(11)24-3/h8-9H,4-7H2,1-3H3,(H,18,20)(H,19,21). The molecule has 1 aliphatic rings. The molecule has 8 heteroatoms. The molecule has 2 rings (SSSR count). The molecule has 2 N–H and O–H groups in total. The van der Waals surface area contributed by atoms with Gasteiger partial charge in [0, 0.05) is 25.8 Å². The Balaban J connectivity index is 2.13. The number of hydrogen-bond acceptors (Lipinski definition) is 5. The van der Waals surface area contributed by atoms with E-state index in [0.29, 0.717) is 48.2 Å². The van der Waals surface area contributed by atoms with Crippen LogP contribution in [0, 0.1) is 5.41 Å². The van der Waals surface area contributed by atoms with Gasteiger partial charge in [-0.15, -0.1) is 0 Å². The van der Waals surface area contributed by atoms with Gasteiger partial charge in [-0.2, -0.15) is 0 Å². The Labute approximate surface area is 145 Å². The third-order valence-corrected chi connectivity index (χ3v) is 4.23. The van der Waals surface area contributed by atoms with E-state index >= 15 is 0 Å². The highest BCUT2D eigenvalue weighted by Gasteiger charge is 2.56. The Morgan fingerprint density at radius 3 is 2.33 bits per heavy atom. The number of benzene rings is 1. The molecule has 0 spiro atoms. The number of nitrogens with one attached hydrogen (secondary N) is 2. The fourth-order valence-corrected chi connectivity index (χ4v) is 2.55. The number of ether oxygens (including phenoxy) is 3. The van der Waals surface area contributed by atoms with Crippen molar-refractivity contribution in [3.8, 4) is 11.5 Å². The van der Waals surface area contributed by atoms with Crippen molar-refractivity contribution in [2.75, 3.05) is 39.8 Å². The molecule has 1 aromatic carbocycles. The highest BCUT2D eigenvalue weighted by molar-refractivity contribution is 6.32. The molecule has 2 amide bonds. The van der Waals surface area contributed by atoms with Crippen molar-refractivity contribution < 1.29 is 23.8 Å². The number of anilines is 1. The van der Waals surface area contributed by atoms with Crippen LogP contribution in [-0.2, 0) is 14.3 Å². The Morgan fingerprint density at radius 2 is 1.79 bits per heavy atom. The van der Waals surface area contributed by atoms with Crippen LogP contribution in [0.2, 0.25) is 5.02 Å². The maximum absolute atomic E-state index is 12.6. The van der Waals surface area contributed by atoms with Gasteiger partial charge in [-0.25, -0.2) is 0 Å². The van der Waals surface area contributed by atoms with Crippen LogP contribution in [0.25, 0.3) is 0 Å². The van der Waals surface area contributed by atoms with Crippen LogP contribution in [0.1, 0.15) is 12.8 Å². The van der Waals surface area contributed by atoms with Crippen molar-refractivity contribution in [2.45, 2.75) is 12.8 Å². The van der Waals surface area contributed by atoms with Crippen molar-refractivity contribution in [1.82, 2.24) is 5.32 Å². The van der Waals surface area contributed by atoms with Crippen molar-refractivity contribution in [2.24, 2.45) is 5.41 Å². The molecule has 1 fully saturated rings. The molecule has 0 aliphatic heterocycles. The quantitative estimate of drug-likeness (QED) is 0.548. The molecule has 0 unspecified atom stereocenters. The number of methoxy groups -OCH3 is 3. The lowest BCUT2D eigenvalue weighted by atomic mass is 10.0. The smallest absolute Gasteiger partial charge is 0.240 e. The van der Waals surface area contributed by atoms with Gasteiger partial charge >= 0.3 is 0 Å². The topological polar surface area (TPSA) is 85.9 Å². The zero-order chi connectivity index (χ0) is 17.7. The lowest BCUT2D eigenvalue weighted by Crippen LogP contribution is -2.41. The molecule has 1 aliphatic carbocycles. The molecule has 7 nitrogen and oxygen atoms in total. The van der Waals surface area contributed by atoms with E-state index in [4.69, 9.17) is 25.8 Å². The molecule has 0 radical (unpaired) electrons. The van der Waals surface area contributed by atoms with Gasteiger partial charge in [0.05, 0.1) is 31.5 Å². The molecule has 0 aromatic heterocycles. The number of rotatable bonds is 8. The van der Waals surface area contributed by atoms with Crippen LogP contribution in [-0.4, -0.2) is 46.3 Å². The summed E-state index contributed by atoms with van der Waals surface area (Å²) in [6, 6.07) is 3.12. The van der Waals surface area contributed by atoms with Gasteiger partial charge in [-0.3, -0.25) is 9.59 Å². The zero-order valence-corrected chi connectivity index (χ0v) is 14.7. The van der Waals surface area contributed by atoms with E-state index in [1.54, 1.807) is 19.2 Å². The van der Waals surface area contributed by atoms with Crippen LogP contribution >= 0.6 is 11.6 Å². The fourth-order valence-electron chi connectivity index (χ4n) is 2.32. The first-order valence-electron chi connectivity index (χ1n) is 7.48. The summed E-state index contributed by atoms with van der Waals surface area (Å²) in [5.41, 5.74) is -0.634. The minimum atomic E-state index is -1.04. The lowest BCUT2D eigenvalue weighted by molar-refractivity contribution is -0.134. The number of halogens is 1. The summed E-state index contributed by atoms with van der Waals surface area (Å²) in [6.07, 6.45) is 1.01. The average molecular weight is 357 g/mol. The van der Waals surface area contributed by atoms with Crippen LogP contribution in [0.5, 0.6) is 11.5 Å². The summed E-state index contributed by atoms with van der Waals surface area (Å²) in [5, 5.41) is 5.82. The van der Waals surface area contributed by atoms with E-state index in [-0.39, 0.29) is 11.8 Å². The van der Waals surface area contributed by atoms with E-state index in [1.165, 1.54) is 14.2 Å². The summed E-state index contributed by atoms with van der Waals surface area (Å²) in [7, 11) is 4.50. The Morgan fingerprint density at radius 1 is 1.12 bits per heavy atom.